The number of piperidine rings is 1. The molecule has 3 amide bonds. The van der Waals surface area contributed by atoms with Crippen LogP contribution in [-0.2, 0) is 16.1 Å². The van der Waals surface area contributed by atoms with Gasteiger partial charge in [0.15, 0.2) is 5.78 Å². The maximum Gasteiger partial charge on any atom is 0.263 e. The lowest BCUT2D eigenvalue weighted by atomic mass is 9.97. The van der Waals surface area contributed by atoms with Crippen molar-refractivity contribution in [2.75, 3.05) is 60.9 Å². The number of rotatable bonds is 9. The van der Waals surface area contributed by atoms with Crippen molar-refractivity contribution in [1.82, 2.24) is 34.6 Å². The molecule has 15 nitrogen and oxygen atoms in total. The smallest absolute Gasteiger partial charge is 0.263 e. The Bertz CT molecular complexity index is 2310. The highest BCUT2D eigenvalue weighted by molar-refractivity contribution is 6.05. The van der Waals surface area contributed by atoms with E-state index < -0.39 is 6.04 Å². The van der Waals surface area contributed by atoms with Gasteiger partial charge in [-0.1, -0.05) is 12.8 Å². The van der Waals surface area contributed by atoms with Crippen LogP contribution < -0.4 is 26.0 Å². The fourth-order valence-electron chi connectivity index (χ4n) is 9.28. The number of fused-ring (bicyclic) bond motifs is 2. The molecule has 4 fully saturated rings. The molecule has 3 saturated heterocycles. The number of carbonyl (C=O) groups is 4. The number of anilines is 4. The third kappa shape index (κ3) is 6.56. The average molecular weight is 759 g/mol. The third-order valence-corrected chi connectivity index (χ3v) is 12.3. The van der Waals surface area contributed by atoms with Gasteiger partial charge in [-0.2, -0.15) is 4.98 Å². The van der Waals surface area contributed by atoms with E-state index >= 15 is 0 Å². The zero-order chi connectivity index (χ0) is 38.7. The Balaban J connectivity index is 0.776. The van der Waals surface area contributed by atoms with Gasteiger partial charge in [0.2, 0.25) is 17.8 Å². The highest BCUT2D eigenvalue weighted by Gasteiger charge is 2.40. The predicted molar refractivity (Wildman–Crippen MR) is 210 cm³/mol. The van der Waals surface area contributed by atoms with Crippen LogP contribution >= 0.6 is 0 Å². The standard InChI is InChI=1S/C41H46N10O5/c1-24-32-19-43-41(46-37(32)51(28-5-3-4-6-28)40(56)36(24)25(2)52)44-34-11-8-30(18-42-34)48-15-13-47(14-16-48)20-26-21-49(22-26)29-7-9-31-27(17-29)23-50(39(31)55)33-10-12-35(53)45-38(33)54/h7-9,11,17-19,26,28,33H,3-6,10,12-16,20-23H2,1-2H3,(H,45,53,54)(H,42,43,44,46). The van der Waals surface area contributed by atoms with Crippen molar-refractivity contribution in [1.29, 1.82) is 0 Å². The van der Waals surface area contributed by atoms with E-state index in [-0.39, 0.29) is 47.1 Å². The number of benzene rings is 1. The van der Waals surface area contributed by atoms with Crippen LogP contribution in [0.3, 0.4) is 0 Å². The molecule has 15 heteroatoms. The number of piperazine rings is 1. The lowest BCUT2D eigenvalue weighted by Crippen LogP contribution is -2.55. The van der Waals surface area contributed by atoms with E-state index in [1.54, 1.807) is 22.6 Å². The summed E-state index contributed by atoms with van der Waals surface area (Å²) in [7, 11) is 0. The normalized spacial score (nSPS) is 20.8. The lowest BCUT2D eigenvalue weighted by molar-refractivity contribution is -0.136. The zero-order valence-electron chi connectivity index (χ0n) is 31.8. The van der Waals surface area contributed by atoms with Crippen molar-refractivity contribution >= 4 is 57.7 Å². The first-order valence-corrected chi connectivity index (χ1v) is 19.8. The number of nitrogens with zero attached hydrogens (tertiary/aromatic N) is 8. The molecule has 0 bridgehead atoms. The van der Waals surface area contributed by atoms with Crippen LogP contribution in [0.1, 0.15) is 83.3 Å². The summed E-state index contributed by atoms with van der Waals surface area (Å²) in [6, 6.07) is 9.36. The maximum atomic E-state index is 13.6. The van der Waals surface area contributed by atoms with Crippen molar-refractivity contribution in [2.45, 2.75) is 71.0 Å². The van der Waals surface area contributed by atoms with Crippen molar-refractivity contribution in [2.24, 2.45) is 5.92 Å². The Hall–Kier alpha value is -5.70. The summed E-state index contributed by atoms with van der Waals surface area (Å²) in [5.41, 5.74) is 4.84. The lowest BCUT2D eigenvalue weighted by Gasteiger charge is -2.45. The molecule has 5 aliphatic rings. The minimum Gasteiger partial charge on any atom is -0.371 e. The predicted octanol–water partition coefficient (Wildman–Crippen LogP) is 3.58. The van der Waals surface area contributed by atoms with Crippen molar-refractivity contribution < 1.29 is 19.2 Å². The van der Waals surface area contributed by atoms with Gasteiger partial charge in [-0.3, -0.25) is 38.8 Å². The molecule has 1 aromatic carbocycles. The fourth-order valence-corrected chi connectivity index (χ4v) is 9.28. The minimum absolute atomic E-state index is 0.0141. The fraction of sp³-hybridized carbons (Fsp3) is 0.463. The maximum absolute atomic E-state index is 13.6. The molecule has 4 aromatic rings. The Morgan fingerprint density at radius 3 is 2.39 bits per heavy atom. The number of hydrogen-bond acceptors (Lipinski definition) is 12. The molecule has 7 heterocycles. The van der Waals surface area contributed by atoms with Crippen molar-refractivity contribution in [3.05, 3.63) is 75.3 Å². The second-order valence-corrected chi connectivity index (χ2v) is 15.9. The van der Waals surface area contributed by atoms with E-state index in [9.17, 15) is 24.0 Å². The Morgan fingerprint density at radius 2 is 1.68 bits per heavy atom. The quantitative estimate of drug-likeness (QED) is 0.189. The van der Waals surface area contributed by atoms with Crippen LogP contribution in [0.5, 0.6) is 0 Å². The third-order valence-electron chi connectivity index (χ3n) is 12.3. The van der Waals surface area contributed by atoms with Crippen molar-refractivity contribution in [3.63, 3.8) is 0 Å². The number of nitrogens with one attached hydrogen (secondary N) is 2. The molecule has 1 aliphatic carbocycles. The highest BCUT2D eigenvalue weighted by Crippen LogP contribution is 2.34. The summed E-state index contributed by atoms with van der Waals surface area (Å²) in [6.45, 7) is 10.3. The summed E-state index contributed by atoms with van der Waals surface area (Å²) in [6.07, 6.45) is 8.04. The number of aryl methyl sites for hydroxylation is 1. The Morgan fingerprint density at radius 1 is 0.911 bits per heavy atom. The van der Waals surface area contributed by atoms with Gasteiger partial charge >= 0.3 is 0 Å². The molecular formula is C41H46N10O5. The van der Waals surface area contributed by atoms with E-state index in [1.165, 1.54) is 6.92 Å². The first kappa shape index (κ1) is 36.0. The molecule has 1 unspecified atom stereocenters. The first-order chi connectivity index (χ1) is 27.1. The van der Waals surface area contributed by atoms with E-state index in [1.807, 2.05) is 24.4 Å². The van der Waals surface area contributed by atoms with Gasteiger partial charge in [0.1, 0.15) is 17.5 Å². The molecule has 4 aliphatic heterocycles. The van der Waals surface area contributed by atoms with E-state index in [0.29, 0.717) is 52.8 Å². The van der Waals surface area contributed by atoms with Gasteiger partial charge in [0.25, 0.3) is 11.5 Å². The summed E-state index contributed by atoms with van der Waals surface area (Å²) in [5, 5.41) is 6.30. The molecule has 0 radical (unpaired) electrons. The topological polar surface area (TPSA) is 166 Å². The second-order valence-electron chi connectivity index (χ2n) is 15.9. The molecule has 2 N–H and O–H groups in total. The Labute approximate surface area is 324 Å². The molecule has 56 heavy (non-hydrogen) atoms. The van der Waals surface area contributed by atoms with Crippen LogP contribution in [0.2, 0.25) is 0 Å². The van der Waals surface area contributed by atoms with Gasteiger partial charge in [0, 0.05) is 93.6 Å². The van der Waals surface area contributed by atoms with Gasteiger partial charge in [0.05, 0.1) is 17.4 Å². The van der Waals surface area contributed by atoms with Gasteiger partial charge in [-0.15, -0.1) is 0 Å². The average Bonchev–Trinajstić information content (AvgIpc) is 3.81. The summed E-state index contributed by atoms with van der Waals surface area (Å²) in [5.74, 6) is 0.468. The van der Waals surface area contributed by atoms with Gasteiger partial charge in [-0.05, 0) is 74.6 Å². The van der Waals surface area contributed by atoms with E-state index in [2.05, 4.69) is 47.4 Å². The molecule has 9 rings (SSSR count). The number of Topliss-reactive ketones (excluding diaryl/α,β-unsaturated/α-hetero) is 1. The molecular weight excluding hydrogens is 713 g/mol. The van der Waals surface area contributed by atoms with E-state index in [0.717, 1.165) is 88.4 Å². The zero-order valence-corrected chi connectivity index (χ0v) is 31.8. The van der Waals surface area contributed by atoms with Crippen LogP contribution in [0.15, 0.2) is 47.5 Å². The minimum atomic E-state index is -0.603. The SMILES string of the molecule is CC(=O)c1c(C)c2cnc(Nc3ccc(N4CCN(CC5CN(c6ccc7c(c6)CN(C6CCC(=O)NC6=O)C7=O)C5)CC4)cn3)nc2n(C2CCCC2)c1=O. The van der Waals surface area contributed by atoms with Crippen molar-refractivity contribution in [3.8, 4) is 0 Å². The van der Waals surface area contributed by atoms with Gasteiger partial charge in [-0.25, -0.2) is 9.97 Å². The molecule has 1 saturated carbocycles. The van der Waals surface area contributed by atoms with Crippen LogP contribution in [0, 0.1) is 12.8 Å². The summed E-state index contributed by atoms with van der Waals surface area (Å²) in [4.78, 5) is 86.0. The number of imide groups is 1. The van der Waals surface area contributed by atoms with Crippen LogP contribution in [-0.4, -0.2) is 105 Å². The molecule has 0 spiro atoms. The largest absolute Gasteiger partial charge is 0.371 e. The number of ketones is 1. The summed E-state index contributed by atoms with van der Waals surface area (Å²) >= 11 is 0. The first-order valence-electron chi connectivity index (χ1n) is 19.8. The monoisotopic (exact) mass is 758 g/mol. The van der Waals surface area contributed by atoms with Crippen LogP contribution in [0.25, 0.3) is 11.0 Å². The highest BCUT2D eigenvalue weighted by atomic mass is 16.2. The number of pyridine rings is 2. The van der Waals surface area contributed by atoms with Crippen LogP contribution in [0.4, 0.5) is 23.1 Å². The number of amides is 3. The van der Waals surface area contributed by atoms with E-state index in [4.69, 9.17) is 4.98 Å². The van der Waals surface area contributed by atoms with Gasteiger partial charge < -0.3 is 20.0 Å². The number of carbonyl (C=O) groups excluding carboxylic acids is 4. The molecule has 290 valence electrons. The number of hydrogen-bond donors (Lipinski definition) is 2. The number of aromatic nitrogens is 4. The molecule has 1 atom stereocenters. The second kappa shape index (κ2) is 14.4. The Kier molecular flexibility index (Phi) is 9.26. The molecule has 3 aromatic heterocycles. The summed E-state index contributed by atoms with van der Waals surface area (Å²) < 4.78 is 1.72.